The lowest BCUT2D eigenvalue weighted by molar-refractivity contribution is 0.501. The van der Waals surface area contributed by atoms with Crippen molar-refractivity contribution in [1.82, 2.24) is 0 Å². The third kappa shape index (κ3) is 1.58. The maximum absolute atomic E-state index is 10.6. The van der Waals surface area contributed by atoms with E-state index in [0.717, 1.165) is 0 Å². The van der Waals surface area contributed by atoms with Crippen LogP contribution in [0, 0.1) is 0 Å². The molecule has 2 nitrogen and oxygen atoms in total. The number of rotatable bonds is 1. The van der Waals surface area contributed by atoms with Crippen LogP contribution in [0.15, 0.2) is 33.5 Å². The summed E-state index contributed by atoms with van der Waals surface area (Å²) < 4.78 is 4.78. The Hall–Kier alpha value is -1.31. The molecule has 0 radical (unpaired) electrons. The maximum atomic E-state index is 10.6. The smallest absolute Gasteiger partial charge is 0.336 e. The zero-order valence-electron chi connectivity index (χ0n) is 5.70. The molecule has 0 unspecified atom stereocenters. The highest BCUT2D eigenvalue weighted by Crippen LogP contribution is 1.95. The van der Waals surface area contributed by atoms with Gasteiger partial charge in [-0.3, -0.25) is 0 Å². The van der Waals surface area contributed by atoms with Gasteiger partial charge in [0.05, 0.1) is 0 Å². The van der Waals surface area contributed by atoms with Crippen LogP contribution in [0.4, 0.5) is 0 Å². The molecular formula is C8H8O2. The first-order valence-corrected chi connectivity index (χ1v) is 3.06. The van der Waals surface area contributed by atoms with Crippen molar-refractivity contribution in [2.45, 2.75) is 6.92 Å². The van der Waals surface area contributed by atoms with Crippen molar-refractivity contribution < 1.29 is 4.42 Å². The van der Waals surface area contributed by atoms with Crippen molar-refractivity contribution in [2.75, 3.05) is 0 Å². The lowest BCUT2D eigenvalue weighted by Crippen LogP contribution is -1.94. The molecule has 2 heteroatoms. The first-order valence-electron chi connectivity index (χ1n) is 3.06. The first kappa shape index (κ1) is 6.81. The predicted molar refractivity (Wildman–Crippen MR) is 39.7 cm³/mol. The molecule has 1 aromatic heterocycles. The normalized spacial score (nSPS) is 10.5. The van der Waals surface area contributed by atoms with Crippen molar-refractivity contribution in [3.8, 4) is 0 Å². The van der Waals surface area contributed by atoms with E-state index < -0.39 is 0 Å². The van der Waals surface area contributed by atoms with Crippen molar-refractivity contribution in [2.24, 2.45) is 0 Å². The van der Waals surface area contributed by atoms with Gasteiger partial charge in [-0.2, -0.15) is 0 Å². The summed E-state index contributed by atoms with van der Waals surface area (Å²) in [6.45, 7) is 1.87. The van der Waals surface area contributed by atoms with E-state index in [-0.39, 0.29) is 5.63 Å². The topological polar surface area (TPSA) is 30.2 Å². The van der Waals surface area contributed by atoms with Gasteiger partial charge in [-0.05, 0) is 19.1 Å². The lowest BCUT2D eigenvalue weighted by atomic mass is 10.4. The minimum Gasteiger partial charge on any atom is -0.423 e. The summed E-state index contributed by atoms with van der Waals surface area (Å²) in [6, 6.07) is 4.79. The molecule has 0 aliphatic rings. The summed E-state index contributed by atoms with van der Waals surface area (Å²) in [5.41, 5.74) is -0.310. The van der Waals surface area contributed by atoms with Crippen LogP contribution in [0.1, 0.15) is 12.7 Å². The summed E-state index contributed by atoms with van der Waals surface area (Å²) in [5.74, 6) is 0.593. The van der Waals surface area contributed by atoms with Crippen molar-refractivity contribution in [3.05, 3.63) is 40.5 Å². The quantitative estimate of drug-likeness (QED) is 0.587. The highest BCUT2D eigenvalue weighted by molar-refractivity contribution is 5.40. The Morgan fingerprint density at radius 1 is 1.50 bits per heavy atom. The molecule has 0 aliphatic heterocycles. The Morgan fingerprint density at radius 2 is 2.30 bits per heavy atom. The van der Waals surface area contributed by atoms with Gasteiger partial charge in [0.2, 0.25) is 0 Å². The third-order valence-corrected chi connectivity index (χ3v) is 1.04. The van der Waals surface area contributed by atoms with Crippen LogP contribution >= 0.6 is 0 Å². The fourth-order valence-electron chi connectivity index (χ4n) is 0.660. The first-order chi connectivity index (χ1) is 4.83. The van der Waals surface area contributed by atoms with Crippen molar-refractivity contribution >= 4 is 6.08 Å². The maximum Gasteiger partial charge on any atom is 0.336 e. The van der Waals surface area contributed by atoms with E-state index in [9.17, 15) is 4.79 Å². The average molecular weight is 136 g/mol. The van der Waals surface area contributed by atoms with Gasteiger partial charge in [-0.1, -0.05) is 12.1 Å². The minimum absolute atomic E-state index is 0.310. The minimum atomic E-state index is -0.310. The van der Waals surface area contributed by atoms with E-state index >= 15 is 0 Å². The Labute approximate surface area is 58.8 Å². The molecule has 1 rings (SSSR count). The van der Waals surface area contributed by atoms with Gasteiger partial charge in [0, 0.05) is 6.07 Å². The van der Waals surface area contributed by atoms with Crippen LogP contribution in [0.25, 0.3) is 6.08 Å². The zero-order chi connectivity index (χ0) is 7.40. The highest BCUT2D eigenvalue weighted by Gasteiger charge is 1.86. The molecular weight excluding hydrogens is 128 g/mol. The summed E-state index contributed by atoms with van der Waals surface area (Å²) in [7, 11) is 0. The number of hydrogen-bond donors (Lipinski definition) is 0. The Morgan fingerprint density at radius 3 is 2.90 bits per heavy atom. The van der Waals surface area contributed by atoms with Gasteiger partial charge >= 0.3 is 5.63 Å². The largest absolute Gasteiger partial charge is 0.423 e. The monoisotopic (exact) mass is 136 g/mol. The molecule has 0 atom stereocenters. The zero-order valence-corrected chi connectivity index (χ0v) is 5.70. The summed E-state index contributed by atoms with van der Waals surface area (Å²) >= 11 is 0. The van der Waals surface area contributed by atoms with Crippen LogP contribution in [0.3, 0.4) is 0 Å². The predicted octanol–water partition coefficient (Wildman–Crippen LogP) is 1.67. The second-order valence-corrected chi connectivity index (χ2v) is 1.85. The van der Waals surface area contributed by atoms with Gasteiger partial charge in [0.1, 0.15) is 5.76 Å². The molecule has 0 amide bonds. The Kier molecular flexibility index (Phi) is 2.05. The van der Waals surface area contributed by atoms with Crippen LogP contribution in [-0.2, 0) is 0 Å². The molecule has 0 N–H and O–H groups in total. The molecule has 0 spiro atoms. The summed E-state index contributed by atoms with van der Waals surface area (Å²) in [5, 5.41) is 0. The standard InChI is InChI=1S/C8H8O2/c1-2-4-7-5-3-6-8(9)10-7/h2-6H,1H3. The molecule has 10 heavy (non-hydrogen) atoms. The fourth-order valence-corrected chi connectivity index (χ4v) is 0.660. The van der Waals surface area contributed by atoms with E-state index in [4.69, 9.17) is 4.42 Å². The van der Waals surface area contributed by atoms with E-state index in [1.165, 1.54) is 6.07 Å². The molecule has 0 saturated carbocycles. The molecule has 0 fully saturated rings. The van der Waals surface area contributed by atoms with Crippen molar-refractivity contribution in [3.63, 3.8) is 0 Å². The second kappa shape index (κ2) is 3.01. The molecule has 1 heterocycles. The van der Waals surface area contributed by atoms with E-state index in [1.807, 2.05) is 13.0 Å². The second-order valence-electron chi connectivity index (χ2n) is 1.85. The lowest BCUT2D eigenvalue weighted by Gasteiger charge is -1.86. The van der Waals surface area contributed by atoms with Gasteiger partial charge in [0.25, 0.3) is 0 Å². The Balaban J connectivity index is 3.07. The van der Waals surface area contributed by atoms with Crippen LogP contribution in [0.5, 0.6) is 0 Å². The van der Waals surface area contributed by atoms with Gasteiger partial charge < -0.3 is 4.42 Å². The molecule has 0 bridgehead atoms. The van der Waals surface area contributed by atoms with Crippen LogP contribution in [-0.4, -0.2) is 0 Å². The average Bonchev–Trinajstić information content (AvgIpc) is 1.88. The van der Waals surface area contributed by atoms with Gasteiger partial charge in [-0.25, -0.2) is 4.79 Å². The molecule has 52 valence electrons. The molecule has 0 saturated heterocycles. The van der Waals surface area contributed by atoms with E-state index in [2.05, 4.69) is 0 Å². The SMILES string of the molecule is CC=Cc1cccc(=O)o1. The van der Waals surface area contributed by atoms with Crippen LogP contribution < -0.4 is 5.63 Å². The van der Waals surface area contributed by atoms with Gasteiger partial charge in [0.15, 0.2) is 0 Å². The van der Waals surface area contributed by atoms with Gasteiger partial charge in [-0.15, -0.1) is 0 Å². The summed E-state index contributed by atoms with van der Waals surface area (Å²) in [6.07, 6.45) is 3.56. The van der Waals surface area contributed by atoms with E-state index in [1.54, 1.807) is 18.2 Å². The molecule has 1 aromatic rings. The molecule has 0 aromatic carbocycles. The van der Waals surface area contributed by atoms with E-state index in [0.29, 0.717) is 5.76 Å². The molecule has 0 aliphatic carbocycles. The third-order valence-electron chi connectivity index (χ3n) is 1.04. The highest BCUT2D eigenvalue weighted by atomic mass is 16.4. The number of allylic oxidation sites excluding steroid dienone is 1. The fraction of sp³-hybridized carbons (Fsp3) is 0.125. The number of hydrogen-bond acceptors (Lipinski definition) is 2. The summed E-state index contributed by atoms with van der Waals surface area (Å²) in [4.78, 5) is 10.6. The van der Waals surface area contributed by atoms with Crippen molar-refractivity contribution in [1.29, 1.82) is 0 Å². The van der Waals surface area contributed by atoms with Crippen LogP contribution in [0.2, 0.25) is 0 Å². The Bertz CT molecular complexity index is 283.